The van der Waals surface area contributed by atoms with E-state index in [1.54, 1.807) is 24.3 Å². The van der Waals surface area contributed by atoms with Crippen LogP contribution in [0.2, 0.25) is 0 Å². The smallest absolute Gasteiger partial charge is 0.228 e. The Balaban J connectivity index is 2.29. The highest BCUT2D eigenvalue weighted by atomic mass is 19.1. The molecule has 7 heteroatoms. The molecule has 0 N–H and O–H groups in total. The minimum absolute atomic E-state index is 0.000610. The molecule has 0 bridgehead atoms. The molecule has 0 aromatic heterocycles. The molecule has 0 saturated carbocycles. The highest BCUT2D eigenvalue weighted by molar-refractivity contribution is 5.56. The molecule has 0 aliphatic carbocycles. The maximum absolute atomic E-state index is 12.5. The molecule has 2 aromatic carbocycles. The van der Waals surface area contributed by atoms with Crippen LogP contribution in [0.4, 0.5) is 13.2 Å². The predicted octanol–water partition coefficient (Wildman–Crippen LogP) is 3.98. The van der Waals surface area contributed by atoms with Crippen LogP contribution in [0.1, 0.15) is 5.56 Å². The Labute approximate surface area is 131 Å². The Morgan fingerprint density at radius 1 is 0.783 bits per heavy atom. The van der Waals surface area contributed by atoms with Crippen LogP contribution in [0, 0.1) is 6.07 Å². The zero-order valence-corrected chi connectivity index (χ0v) is 12.1. The van der Waals surface area contributed by atoms with Gasteiger partial charge in [-0.3, -0.25) is 0 Å². The van der Waals surface area contributed by atoms with E-state index in [9.17, 15) is 13.2 Å². The molecule has 0 aliphatic heterocycles. The van der Waals surface area contributed by atoms with Gasteiger partial charge in [-0.25, -0.2) is 13.2 Å². The molecule has 0 heterocycles. The molecule has 123 valence electrons. The van der Waals surface area contributed by atoms with Crippen molar-refractivity contribution in [3.8, 4) is 23.0 Å². The number of hydrogen-bond donors (Lipinski definition) is 0. The molecule has 23 heavy (non-hydrogen) atoms. The summed E-state index contributed by atoms with van der Waals surface area (Å²) in [7, 11) is 0. The third-order valence-electron chi connectivity index (χ3n) is 2.81. The summed E-state index contributed by atoms with van der Waals surface area (Å²) in [5.74, 6) is -0.158. The number of ether oxygens (including phenoxy) is 4. The van der Waals surface area contributed by atoms with E-state index < -0.39 is 20.6 Å². The molecule has 1 radical (unpaired) electrons. The molecule has 0 saturated heterocycles. The van der Waals surface area contributed by atoms with Gasteiger partial charge in [0.25, 0.3) is 0 Å². The van der Waals surface area contributed by atoms with E-state index in [2.05, 4.69) is 10.8 Å². The number of benzene rings is 2. The van der Waals surface area contributed by atoms with Gasteiger partial charge >= 0.3 is 0 Å². The maximum Gasteiger partial charge on any atom is 0.228 e. The lowest BCUT2D eigenvalue weighted by atomic mass is 10.2. The number of rotatable bonds is 9. The monoisotopic (exact) mass is 327 g/mol. The summed E-state index contributed by atoms with van der Waals surface area (Å²) < 4.78 is 57.2. The molecule has 0 fully saturated rings. The first-order chi connectivity index (χ1) is 11.3. The van der Waals surface area contributed by atoms with Gasteiger partial charge in [0, 0.05) is 12.1 Å². The van der Waals surface area contributed by atoms with Crippen LogP contribution in [0.15, 0.2) is 36.4 Å². The zero-order valence-electron chi connectivity index (χ0n) is 12.1. The van der Waals surface area contributed by atoms with Gasteiger partial charge in [0.2, 0.25) is 26.3 Å². The van der Waals surface area contributed by atoms with Gasteiger partial charge in [0.1, 0.15) is 12.4 Å². The lowest BCUT2D eigenvalue weighted by molar-refractivity contribution is 0.156. The van der Waals surface area contributed by atoms with Gasteiger partial charge in [-0.15, -0.1) is 0 Å². The van der Waals surface area contributed by atoms with Crippen LogP contribution in [0.5, 0.6) is 23.0 Å². The summed E-state index contributed by atoms with van der Waals surface area (Å²) >= 11 is 0. The van der Waals surface area contributed by atoms with E-state index in [-0.39, 0.29) is 29.6 Å². The van der Waals surface area contributed by atoms with Crippen molar-refractivity contribution in [1.82, 2.24) is 0 Å². The summed E-state index contributed by atoms with van der Waals surface area (Å²) in [5.41, 5.74) is 0.810. The van der Waals surface area contributed by atoms with Crippen molar-refractivity contribution in [1.29, 1.82) is 0 Å². The molecular weight excluding hydrogens is 313 g/mol. The van der Waals surface area contributed by atoms with E-state index in [1.807, 2.05) is 0 Å². The standard InChI is InChI=1S/C16H14F3O4/c17-9-21-13-6-14(22-10-18)16(15(7-13)23-11-19)20-8-12-4-2-1-3-5-12/h2-7H,8-11H2. The van der Waals surface area contributed by atoms with E-state index in [0.29, 0.717) is 0 Å². The maximum atomic E-state index is 12.5. The first kappa shape index (κ1) is 16.8. The Morgan fingerprint density at radius 3 is 1.87 bits per heavy atom. The van der Waals surface area contributed by atoms with Crippen molar-refractivity contribution in [3.05, 3.63) is 48.0 Å². The van der Waals surface area contributed by atoms with Crippen molar-refractivity contribution < 1.29 is 32.1 Å². The Morgan fingerprint density at radius 2 is 1.35 bits per heavy atom. The molecule has 0 spiro atoms. The van der Waals surface area contributed by atoms with Gasteiger partial charge in [0.05, 0.1) is 0 Å². The lowest BCUT2D eigenvalue weighted by Crippen LogP contribution is -2.03. The van der Waals surface area contributed by atoms with Crippen molar-refractivity contribution >= 4 is 0 Å². The largest absolute Gasteiger partial charge is 0.482 e. The van der Waals surface area contributed by atoms with Crippen LogP contribution in [-0.4, -0.2) is 20.6 Å². The highest BCUT2D eigenvalue weighted by Gasteiger charge is 2.17. The third kappa shape index (κ3) is 4.70. The Kier molecular flexibility index (Phi) is 6.40. The lowest BCUT2D eigenvalue weighted by Gasteiger charge is -2.16. The summed E-state index contributed by atoms with van der Waals surface area (Å²) in [4.78, 5) is 0. The number of alkyl halides is 3. The first-order valence-corrected chi connectivity index (χ1v) is 6.60. The van der Waals surface area contributed by atoms with Gasteiger partial charge in [-0.05, 0) is 11.6 Å². The fourth-order valence-electron chi connectivity index (χ4n) is 1.85. The fraction of sp³-hybridized carbons (Fsp3) is 0.250. The van der Waals surface area contributed by atoms with Gasteiger partial charge in [-0.1, -0.05) is 24.3 Å². The predicted molar refractivity (Wildman–Crippen MR) is 75.9 cm³/mol. The van der Waals surface area contributed by atoms with Crippen LogP contribution >= 0.6 is 0 Å². The Hall–Kier alpha value is -2.57. The van der Waals surface area contributed by atoms with Crippen molar-refractivity contribution in [2.75, 3.05) is 20.6 Å². The van der Waals surface area contributed by atoms with Crippen LogP contribution in [0.25, 0.3) is 0 Å². The number of hydrogen-bond acceptors (Lipinski definition) is 4. The van der Waals surface area contributed by atoms with Crippen molar-refractivity contribution in [3.63, 3.8) is 0 Å². The summed E-state index contributed by atoms with van der Waals surface area (Å²) in [6, 6.07) is 12.3. The summed E-state index contributed by atoms with van der Waals surface area (Å²) in [6.07, 6.45) is 0. The van der Waals surface area contributed by atoms with Gasteiger partial charge in [-0.2, -0.15) is 0 Å². The van der Waals surface area contributed by atoms with Crippen molar-refractivity contribution in [2.24, 2.45) is 0 Å². The molecule has 0 amide bonds. The molecular formula is C16H14F3O4. The second kappa shape index (κ2) is 8.77. The minimum atomic E-state index is -1.15. The molecule has 0 atom stereocenters. The second-order valence-corrected chi connectivity index (χ2v) is 4.21. The van der Waals surface area contributed by atoms with E-state index in [1.165, 1.54) is 12.1 Å². The number of halogens is 3. The van der Waals surface area contributed by atoms with E-state index in [4.69, 9.17) is 14.2 Å². The van der Waals surface area contributed by atoms with E-state index >= 15 is 0 Å². The van der Waals surface area contributed by atoms with Crippen LogP contribution in [0.3, 0.4) is 0 Å². The van der Waals surface area contributed by atoms with E-state index in [0.717, 1.165) is 5.56 Å². The quantitative estimate of drug-likeness (QED) is 0.698. The average Bonchev–Trinajstić information content (AvgIpc) is 2.56. The minimum Gasteiger partial charge on any atom is -0.482 e. The molecule has 4 nitrogen and oxygen atoms in total. The first-order valence-electron chi connectivity index (χ1n) is 6.60. The summed E-state index contributed by atoms with van der Waals surface area (Å²) in [6.45, 7) is -3.29. The normalized spacial score (nSPS) is 10.2. The molecule has 0 aliphatic rings. The van der Waals surface area contributed by atoms with Crippen LogP contribution < -0.4 is 18.9 Å². The molecule has 0 unspecified atom stereocenters. The molecule has 2 aromatic rings. The van der Waals surface area contributed by atoms with Crippen molar-refractivity contribution in [2.45, 2.75) is 6.61 Å². The van der Waals surface area contributed by atoms with Crippen LogP contribution in [-0.2, 0) is 6.61 Å². The zero-order chi connectivity index (χ0) is 16.5. The SMILES string of the molecule is FCOc1cc(OCF)c(OCc2cc[c]cc2)c(OCF)c1. The summed E-state index contributed by atoms with van der Waals surface area (Å²) in [5, 5.41) is 0. The molecule has 2 rings (SSSR count). The topological polar surface area (TPSA) is 36.9 Å². The third-order valence-corrected chi connectivity index (χ3v) is 2.81. The highest BCUT2D eigenvalue weighted by Crippen LogP contribution is 2.42. The fourth-order valence-corrected chi connectivity index (χ4v) is 1.85. The van der Waals surface area contributed by atoms with Gasteiger partial charge < -0.3 is 18.9 Å². The van der Waals surface area contributed by atoms with Gasteiger partial charge in [0.15, 0.2) is 11.5 Å². The average molecular weight is 327 g/mol. The Bertz CT molecular complexity index is 581. The second-order valence-electron chi connectivity index (χ2n) is 4.21.